The molecule has 4 rings (SSSR count). The van der Waals surface area contributed by atoms with Gasteiger partial charge in [-0.15, -0.1) is 0 Å². The highest BCUT2D eigenvalue weighted by molar-refractivity contribution is 6.07. The summed E-state index contributed by atoms with van der Waals surface area (Å²) in [5.41, 5.74) is -0.925. The van der Waals surface area contributed by atoms with Crippen molar-refractivity contribution in [3.05, 3.63) is 53.7 Å². The van der Waals surface area contributed by atoms with Gasteiger partial charge < -0.3 is 19.4 Å². The second kappa shape index (κ2) is 6.99. The highest BCUT2D eigenvalue weighted by Gasteiger charge is 2.48. The second-order valence-corrected chi connectivity index (χ2v) is 6.79. The first-order chi connectivity index (χ1) is 13.4. The fraction of sp³-hybridized carbons (Fsp3) is 0.316. The molecule has 0 saturated carbocycles. The highest BCUT2D eigenvalue weighted by atomic mass is 19.1. The molecule has 2 aliphatic rings. The maximum atomic E-state index is 12.9. The molecule has 9 heteroatoms. The summed E-state index contributed by atoms with van der Waals surface area (Å²) in [5.74, 6) is 0.146. The van der Waals surface area contributed by atoms with Gasteiger partial charge in [0.05, 0.1) is 0 Å². The Labute approximate surface area is 159 Å². The minimum Gasteiger partial charge on any atom is -0.486 e. The lowest BCUT2D eigenvalue weighted by Gasteiger charge is -2.36. The number of furan rings is 1. The number of carbonyl (C=O) groups excluding carboxylic acids is 3. The Bertz CT molecular complexity index is 916. The minimum atomic E-state index is -0.925. The van der Waals surface area contributed by atoms with Crippen molar-refractivity contribution in [2.45, 2.75) is 25.0 Å². The number of imide groups is 1. The predicted octanol–water partition coefficient (Wildman–Crippen LogP) is 1.81. The lowest BCUT2D eigenvalue weighted by molar-refractivity contribution is -0.125. The molecule has 0 bridgehead atoms. The maximum Gasteiger partial charge on any atom is 0.322 e. The molecular weight excluding hydrogens is 369 g/mol. The van der Waals surface area contributed by atoms with Crippen LogP contribution in [-0.2, 0) is 11.4 Å². The number of carbonyl (C=O) groups is 3. The number of halogens is 1. The second-order valence-electron chi connectivity index (χ2n) is 6.79. The first-order valence-corrected chi connectivity index (χ1v) is 8.85. The van der Waals surface area contributed by atoms with Crippen molar-refractivity contribution in [1.82, 2.24) is 15.5 Å². The van der Waals surface area contributed by atoms with Crippen molar-refractivity contribution in [1.29, 1.82) is 0 Å². The molecule has 1 aromatic heterocycles. The van der Waals surface area contributed by atoms with Gasteiger partial charge in [-0.25, -0.2) is 9.18 Å². The molecule has 146 valence electrons. The molecule has 3 heterocycles. The first kappa shape index (κ1) is 18.0. The third-order valence-electron chi connectivity index (χ3n) is 4.99. The third kappa shape index (κ3) is 3.42. The Kier molecular flexibility index (Phi) is 4.50. The molecule has 0 radical (unpaired) electrons. The van der Waals surface area contributed by atoms with Gasteiger partial charge in [0.25, 0.3) is 11.8 Å². The standard InChI is InChI=1S/C19H18FN3O5/c20-12-1-3-13(4-2-12)27-11-14-5-6-15(28-14)16(24)23-9-7-19(8-10-23)17(25)21-18(26)22-19/h1-6H,7-11H2,(H2,21,22,25,26). The van der Waals surface area contributed by atoms with Gasteiger partial charge in [-0.2, -0.15) is 0 Å². The van der Waals surface area contributed by atoms with E-state index in [-0.39, 0.29) is 30.0 Å². The molecule has 2 fully saturated rings. The first-order valence-electron chi connectivity index (χ1n) is 8.85. The summed E-state index contributed by atoms with van der Waals surface area (Å²) in [6.07, 6.45) is 0.690. The predicted molar refractivity (Wildman–Crippen MR) is 94.0 cm³/mol. The summed E-state index contributed by atoms with van der Waals surface area (Å²) in [4.78, 5) is 37.6. The molecular formula is C19H18FN3O5. The van der Waals surface area contributed by atoms with Gasteiger partial charge in [0.15, 0.2) is 5.76 Å². The van der Waals surface area contributed by atoms with Gasteiger partial charge >= 0.3 is 6.03 Å². The zero-order valence-corrected chi connectivity index (χ0v) is 14.9. The number of hydrogen-bond donors (Lipinski definition) is 2. The third-order valence-corrected chi connectivity index (χ3v) is 4.99. The minimum absolute atomic E-state index is 0.105. The lowest BCUT2D eigenvalue weighted by atomic mass is 9.87. The summed E-state index contributed by atoms with van der Waals surface area (Å²) in [7, 11) is 0. The van der Waals surface area contributed by atoms with Gasteiger partial charge in [-0.05, 0) is 49.2 Å². The topological polar surface area (TPSA) is 101 Å². The number of benzene rings is 1. The normalized spacial score (nSPS) is 18.1. The van der Waals surface area contributed by atoms with E-state index in [1.807, 2.05) is 0 Å². The molecule has 4 amide bonds. The fourth-order valence-electron chi connectivity index (χ4n) is 3.38. The Morgan fingerprint density at radius 1 is 1.14 bits per heavy atom. The highest BCUT2D eigenvalue weighted by Crippen LogP contribution is 2.26. The molecule has 8 nitrogen and oxygen atoms in total. The zero-order valence-electron chi connectivity index (χ0n) is 14.9. The van der Waals surface area contributed by atoms with Gasteiger partial charge in [-0.3, -0.25) is 14.9 Å². The number of likely N-dealkylation sites (tertiary alicyclic amines) is 1. The number of rotatable bonds is 4. The number of nitrogens with one attached hydrogen (secondary N) is 2. The maximum absolute atomic E-state index is 12.9. The van der Waals surface area contributed by atoms with E-state index in [0.717, 1.165) is 0 Å². The van der Waals surface area contributed by atoms with Crippen molar-refractivity contribution in [3.8, 4) is 5.75 Å². The summed E-state index contributed by atoms with van der Waals surface area (Å²) < 4.78 is 24.0. The van der Waals surface area contributed by atoms with E-state index in [1.165, 1.54) is 24.3 Å². The van der Waals surface area contributed by atoms with Crippen LogP contribution in [-0.4, -0.2) is 41.4 Å². The Balaban J connectivity index is 1.34. The Morgan fingerprint density at radius 2 is 1.86 bits per heavy atom. The van der Waals surface area contributed by atoms with E-state index in [4.69, 9.17) is 9.15 Å². The van der Waals surface area contributed by atoms with E-state index in [1.54, 1.807) is 17.0 Å². The Hall–Kier alpha value is -3.36. The van der Waals surface area contributed by atoms with Gasteiger partial charge in [-0.1, -0.05) is 0 Å². The molecule has 2 N–H and O–H groups in total. The number of urea groups is 1. The lowest BCUT2D eigenvalue weighted by Crippen LogP contribution is -2.55. The van der Waals surface area contributed by atoms with E-state index in [2.05, 4.69) is 10.6 Å². The van der Waals surface area contributed by atoms with Crippen molar-refractivity contribution < 1.29 is 27.9 Å². The SMILES string of the molecule is O=C1NC(=O)C2(CCN(C(=O)c3ccc(COc4ccc(F)cc4)o3)CC2)N1. The van der Waals surface area contributed by atoms with Crippen LogP contribution in [0, 0.1) is 5.82 Å². The van der Waals surface area contributed by atoms with Crippen LogP contribution in [0.15, 0.2) is 40.8 Å². The van der Waals surface area contributed by atoms with Crippen LogP contribution < -0.4 is 15.4 Å². The molecule has 2 saturated heterocycles. The van der Waals surface area contributed by atoms with Crippen LogP contribution in [0.2, 0.25) is 0 Å². The average Bonchev–Trinajstić information content (AvgIpc) is 3.26. The number of amides is 4. The molecule has 1 aromatic carbocycles. The quantitative estimate of drug-likeness (QED) is 0.780. The summed E-state index contributed by atoms with van der Waals surface area (Å²) >= 11 is 0. The van der Waals surface area contributed by atoms with Crippen LogP contribution in [0.3, 0.4) is 0 Å². The number of nitrogens with zero attached hydrogens (tertiary/aromatic N) is 1. The summed E-state index contributed by atoms with van der Waals surface area (Å²) in [5, 5.41) is 4.90. The van der Waals surface area contributed by atoms with E-state index >= 15 is 0 Å². The van der Waals surface area contributed by atoms with Gasteiger partial charge in [0, 0.05) is 13.1 Å². The van der Waals surface area contributed by atoms with Crippen molar-refractivity contribution in [2.24, 2.45) is 0 Å². The largest absolute Gasteiger partial charge is 0.486 e. The number of ether oxygens (including phenoxy) is 1. The molecule has 2 aromatic rings. The molecule has 0 unspecified atom stereocenters. The number of piperidine rings is 1. The van der Waals surface area contributed by atoms with Crippen LogP contribution in [0.1, 0.15) is 29.2 Å². The van der Waals surface area contributed by atoms with E-state index in [0.29, 0.717) is 37.4 Å². The summed E-state index contributed by atoms with van der Waals surface area (Å²) in [6, 6.07) is 8.32. The Morgan fingerprint density at radius 3 is 2.50 bits per heavy atom. The molecule has 1 spiro atoms. The van der Waals surface area contributed by atoms with Crippen LogP contribution in [0.25, 0.3) is 0 Å². The molecule has 2 aliphatic heterocycles. The smallest absolute Gasteiger partial charge is 0.322 e. The average molecular weight is 387 g/mol. The van der Waals surface area contributed by atoms with Crippen LogP contribution in [0.4, 0.5) is 9.18 Å². The molecule has 0 aliphatic carbocycles. The van der Waals surface area contributed by atoms with Gasteiger partial charge in [0.2, 0.25) is 0 Å². The van der Waals surface area contributed by atoms with Crippen LogP contribution >= 0.6 is 0 Å². The fourth-order valence-corrected chi connectivity index (χ4v) is 3.38. The molecule has 0 atom stereocenters. The van der Waals surface area contributed by atoms with Crippen molar-refractivity contribution >= 4 is 17.8 Å². The zero-order chi connectivity index (χ0) is 19.7. The monoisotopic (exact) mass is 387 g/mol. The van der Waals surface area contributed by atoms with Crippen molar-refractivity contribution in [2.75, 3.05) is 13.1 Å². The van der Waals surface area contributed by atoms with Crippen molar-refractivity contribution in [3.63, 3.8) is 0 Å². The molecule has 28 heavy (non-hydrogen) atoms. The van der Waals surface area contributed by atoms with Gasteiger partial charge in [0.1, 0.15) is 29.5 Å². The van der Waals surface area contributed by atoms with E-state index in [9.17, 15) is 18.8 Å². The summed E-state index contributed by atoms with van der Waals surface area (Å²) in [6.45, 7) is 0.761. The van der Waals surface area contributed by atoms with Crippen LogP contribution in [0.5, 0.6) is 5.75 Å². The number of hydrogen-bond acceptors (Lipinski definition) is 5. The van der Waals surface area contributed by atoms with E-state index < -0.39 is 11.6 Å².